The van der Waals surface area contributed by atoms with Crippen LogP contribution in [-0.2, 0) is 0 Å². The van der Waals surface area contributed by atoms with Gasteiger partial charge in [0, 0.05) is 30.0 Å². The van der Waals surface area contributed by atoms with E-state index < -0.39 is 0 Å². The van der Waals surface area contributed by atoms with E-state index in [1.165, 1.54) is 6.42 Å². The first-order valence-electron chi connectivity index (χ1n) is 8.18. The van der Waals surface area contributed by atoms with Crippen LogP contribution >= 0.6 is 11.6 Å². The average Bonchev–Trinajstić information content (AvgIpc) is 2.58. The second kappa shape index (κ2) is 7.18. The zero-order valence-electron chi connectivity index (χ0n) is 13.9. The summed E-state index contributed by atoms with van der Waals surface area (Å²) >= 11 is 6.04. The van der Waals surface area contributed by atoms with Crippen molar-refractivity contribution in [1.82, 2.24) is 14.9 Å². The van der Waals surface area contributed by atoms with Crippen molar-refractivity contribution in [2.45, 2.75) is 26.7 Å². The Kier molecular flexibility index (Phi) is 5.00. The van der Waals surface area contributed by atoms with Gasteiger partial charge < -0.3 is 10.2 Å². The van der Waals surface area contributed by atoms with Gasteiger partial charge in [-0.05, 0) is 49.4 Å². The molecule has 5 nitrogen and oxygen atoms in total. The van der Waals surface area contributed by atoms with Gasteiger partial charge in [0.05, 0.1) is 0 Å². The van der Waals surface area contributed by atoms with E-state index in [-0.39, 0.29) is 5.91 Å². The van der Waals surface area contributed by atoms with Gasteiger partial charge in [0.25, 0.3) is 5.91 Å². The minimum atomic E-state index is -0.0326. The SMILES string of the molecule is Cc1ccc(Cl)cc1Nc1nccc(C(=O)N2CCCC(C)C2)n1. The minimum Gasteiger partial charge on any atom is -0.337 e. The summed E-state index contributed by atoms with van der Waals surface area (Å²) in [6, 6.07) is 7.24. The van der Waals surface area contributed by atoms with E-state index in [0.717, 1.165) is 30.8 Å². The van der Waals surface area contributed by atoms with Crippen LogP contribution in [0.5, 0.6) is 0 Å². The maximum Gasteiger partial charge on any atom is 0.272 e. The fourth-order valence-corrected chi connectivity index (χ4v) is 3.10. The van der Waals surface area contributed by atoms with E-state index in [2.05, 4.69) is 22.2 Å². The number of rotatable bonds is 3. The Labute approximate surface area is 147 Å². The molecule has 1 aliphatic rings. The molecule has 0 saturated carbocycles. The van der Waals surface area contributed by atoms with Crippen LogP contribution in [0.1, 0.15) is 35.8 Å². The van der Waals surface area contributed by atoms with Crippen molar-refractivity contribution in [2.75, 3.05) is 18.4 Å². The molecular formula is C18H21ClN4O. The summed E-state index contributed by atoms with van der Waals surface area (Å²) in [7, 11) is 0. The van der Waals surface area contributed by atoms with Crippen LogP contribution in [0.2, 0.25) is 5.02 Å². The molecule has 0 aliphatic carbocycles. The quantitative estimate of drug-likeness (QED) is 0.912. The zero-order valence-corrected chi connectivity index (χ0v) is 14.7. The minimum absolute atomic E-state index is 0.0326. The highest BCUT2D eigenvalue weighted by Gasteiger charge is 2.23. The summed E-state index contributed by atoms with van der Waals surface area (Å²) in [6.07, 6.45) is 3.83. The third-order valence-electron chi connectivity index (χ3n) is 4.27. The molecular weight excluding hydrogens is 324 g/mol. The molecule has 1 atom stereocenters. The smallest absolute Gasteiger partial charge is 0.272 e. The average molecular weight is 345 g/mol. The summed E-state index contributed by atoms with van der Waals surface area (Å²) < 4.78 is 0. The predicted molar refractivity (Wildman–Crippen MR) is 95.8 cm³/mol. The van der Waals surface area contributed by atoms with Gasteiger partial charge in [0.2, 0.25) is 5.95 Å². The molecule has 6 heteroatoms. The number of aryl methyl sites for hydroxylation is 1. The molecule has 1 unspecified atom stereocenters. The van der Waals surface area contributed by atoms with E-state index in [9.17, 15) is 4.79 Å². The number of carbonyl (C=O) groups excluding carboxylic acids is 1. The van der Waals surface area contributed by atoms with E-state index in [4.69, 9.17) is 11.6 Å². The molecule has 1 amide bonds. The van der Waals surface area contributed by atoms with Gasteiger partial charge in [-0.3, -0.25) is 4.79 Å². The van der Waals surface area contributed by atoms with Gasteiger partial charge in [0.15, 0.2) is 0 Å². The van der Waals surface area contributed by atoms with Crippen molar-refractivity contribution in [3.05, 3.63) is 46.7 Å². The standard InChI is InChI=1S/C18H21ClN4O/c1-12-4-3-9-23(11-12)17(24)15-7-8-20-18(21-15)22-16-10-14(19)6-5-13(16)2/h5-8,10,12H,3-4,9,11H2,1-2H3,(H,20,21,22). The van der Waals surface area contributed by atoms with Crippen molar-refractivity contribution in [2.24, 2.45) is 5.92 Å². The highest BCUT2D eigenvalue weighted by Crippen LogP contribution is 2.23. The second-order valence-electron chi connectivity index (χ2n) is 6.35. The fourth-order valence-electron chi connectivity index (χ4n) is 2.92. The molecule has 1 aliphatic heterocycles. The van der Waals surface area contributed by atoms with Crippen molar-refractivity contribution in [3.63, 3.8) is 0 Å². The molecule has 1 aromatic carbocycles. The maximum atomic E-state index is 12.7. The van der Waals surface area contributed by atoms with Crippen LogP contribution in [0, 0.1) is 12.8 Å². The summed E-state index contributed by atoms with van der Waals surface area (Å²) in [4.78, 5) is 23.1. The van der Waals surface area contributed by atoms with E-state index in [0.29, 0.717) is 22.6 Å². The molecule has 1 fully saturated rings. The lowest BCUT2D eigenvalue weighted by Gasteiger charge is -2.30. The number of amides is 1. The highest BCUT2D eigenvalue weighted by molar-refractivity contribution is 6.30. The molecule has 2 aromatic rings. The van der Waals surface area contributed by atoms with Gasteiger partial charge in [0.1, 0.15) is 5.69 Å². The van der Waals surface area contributed by atoms with E-state index in [1.54, 1.807) is 12.3 Å². The Morgan fingerprint density at radius 1 is 1.38 bits per heavy atom. The van der Waals surface area contributed by atoms with Crippen LogP contribution in [0.15, 0.2) is 30.5 Å². The molecule has 0 radical (unpaired) electrons. The van der Waals surface area contributed by atoms with Crippen LogP contribution in [-0.4, -0.2) is 33.9 Å². The first-order chi connectivity index (χ1) is 11.5. The Hall–Kier alpha value is -2.14. The Bertz CT molecular complexity index is 750. The number of likely N-dealkylation sites (tertiary alicyclic amines) is 1. The van der Waals surface area contributed by atoms with Gasteiger partial charge in [-0.15, -0.1) is 0 Å². The summed E-state index contributed by atoms with van der Waals surface area (Å²) in [5.41, 5.74) is 2.28. The number of carbonyl (C=O) groups is 1. The molecule has 1 saturated heterocycles. The lowest BCUT2D eigenvalue weighted by molar-refractivity contribution is 0.0677. The molecule has 2 heterocycles. The van der Waals surface area contributed by atoms with E-state index >= 15 is 0 Å². The van der Waals surface area contributed by atoms with Crippen molar-refractivity contribution < 1.29 is 4.79 Å². The number of halogens is 1. The molecule has 126 valence electrons. The van der Waals surface area contributed by atoms with Gasteiger partial charge in [-0.2, -0.15) is 0 Å². The van der Waals surface area contributed by atoms with Crippen LogP contribution in [0.3, 0.4) is 0 Å². The first kappa shape index (κ1) is 16.7. The van der Waals surface area contributed by atoms with Crippen LogP contribution in [0.4, 0.5) is 11.6 Å². The summed E-state index contributed by atoms with van der Waals surface area (Å²) in [5.74, 6) is 0.905. The van der Waals surface area contributed by atoms with Crippen molar-refractivity contribution in [3.8, 4) is 0 Å². The Morgan fingerprint density at radius 3 is 3.00 bits per heavy atom. The monoisotopic (exact) mass is 344 g/mol. The molecule has 24 heavy (non-hydrogen) atoms. The van der Waals surface area contributed by atoms with Crippen LogP contribution < -0.4 is 5.32 Å². The van der Waals surface area contributed by atoms with Crippen molar-refractivity contribution in [1.29, 1.82) is 0 Å². The Morgan fingerprint density at radius 2 is 2.21 bits per heavy atom. The van der Waals surface area contributed by atoms with Crippen molar-refractivity contribution >= 4 is 29.1 Å². The fraction of sp³-hybridized carbons (Fsp3) is 0.389. The second-order valence-corrected chi connectivity index (χ2v) is 6.78. The number of nitrogens with one attached hydrogen (secondary N) is 1. The normalized spacial score (nSPS) is 17.6. The number of benzene rings is 1. The summed E-state index contributed by atoms with van der Waals surface area (Å²) in [5, 5.41) is 3.78. The third kappa shape index (κ3) is 3.85. The zero-order chi connectivity index (χ0) is 17.1. The molecule has 1 N–H and O–H groups in total. The van der Waals surface area contributed by atoms with Gasteiger partial charge in [-0.1, -0.05) is 24.6 Å². The predicted octanol–water partition coefficient (Wildman–Crippen LogP) is 4.05. The number of hydrogen-bond acceptors (Lipinski definition) is 4. The molecule has 3 rings (SSSR count). The topological polar surface area (TPSA) is 58.1 Å². The molecule has 1 aromatic heterocycles. The number of hydrogen-bond donors (Lipinski definition) is 1. The molecule has 0 spiro atoms. The Balaban J connectivity index is 1.78. The maximum absolute atomic E-state index is 12.7. The number of nitrogens with zero attached hydrogens (tertiary/aromatic N) is 3. The molecule has 0 bridgehead atoms. The van der Waals surface area contributed by atoms with Gasteiger partial charge >= 0.3 is 0 Å². The summed E-state index contributed by atoms with van der Waals surface area (Å²) in [6.45, 7) is 5.74. The lowest BCUT2D eigenvalue weighted by Crippen LogP contribution is -2.39. The van der Waals surface area contributed by atoms with E-state index in [1.807, 2.05) is 30.0 Å². The number of anilines is 2. The van der Waals surface area contributed by atoms with Crippen LogP contribution in [0.25, 0.3) is 0 Å². The third-order valence-corrected chi connectivity index (χ3v) is 4.50. The lowest BCUT2D eigenvalue weighted by atomic mass is 10.00. The number of piperidine rings is 1. The number of aromatic nitrogens is 2. The van der Waals surface area contributed by atoms with Gasteiger partial charge in [-0.25, -0.2) is 9.97 Å². The first-order valence-corrected chi connectivity index (χ1v) is 8.56. The highest BCUT2D eigenvalue weighted by atomic mass is 35.5. The largest absolute Gasteiger partial charge is 0.337 e.